The summed E-state index contributed by atoms with van der Waals surface area (Å²) in [5.41, 5.74) is 0.160. The number of Topliss-reactive ketones (excluding diaryl/α,β-unsaturated/α-hetero) is 1. The highest BCUT2D eigenvalue weighted by molar-refractivity contribution is 5.97. The van der Waals surface area contributed by atoms with Crippen LogP contribution in [0.5, 0.6) is 5.75 Å². The molecule has 0 saturated carbocycles. The second-order valence-corrected chi connectivity index (χ2v) is 4.05. The Labute approximate surface area is 106 Å². The molecule has 0 radical (unpaired) electrons. The minimum absolute atomic E-state index is 0.0181. The van der Waals surface area contributed by atoms with Gasteiger partial charge in [-0.05, 0) is 25.8 Å². The molecule has 0 N–H and O–H groups in total. The van der Waals surface area contributed by atoms with E-state index in [1.807, 2.05) is 13.8 Å². The van der Waals surface area contributed by atoms with Gasteiger partial charge in [0.05, 0.1) is 16.6 Å². The smallest absolute Gasteiger partial charge is 0.270 e. The topological polar surface area (TPSA) is 69.4 Å². The lowest BCUT2D eigenvalue weighted by Crippen LogP contribution is -2.15. The van der Waals surface area contributed by atoms with Crippen LogP contribution >= 0.6 is 0 Å². The van der Waals surface area contributed by atoms with Gasteiger partial charge in [-0.1, -0.05) is 13.8 Å². The molecule has 1 aromatic rings. The van der Waals surface area contributed by atoms with Gasteiger partial charge in [0.1, 0.15) is 5.75 Å². The van der Waals surface area contributed by atoms with E-state index in [0.29, 0.717) is 5.75 Å². The number of nitro benzene ring substituents is 1. The van der Waals surface area contributed by atoms with Gasteiger partial charge in [0, 0.05) is 12.1 Å². The van der Waals surface area contributed by atoms with Crippen LogP contribution < -0.4 is 4.74 Å². The Bertz CT molecular complexity index is 452. The Morgan fingerprint density at radius 2 is 2.00 bits per heavy atom. The Morgan fingerprint density at radius 1 is 1.39 bits per heavy atom. The molecule has 0 unspecified atom stereocenters. The molecule has 0 bridgehead atoms. The second kappa shape index (κ2) is 6.14. The normalized spacial score (nSPS) is 10.4. The number of nitrogens with zero attached hydrogens (tertiary/aromatic N) is 1. The molecular weight excluding hydrogens is 234 g/mol. The van der Waals surface area contributed by atoms with Crippen LogP contribution in [0, 0.1) is 10.1 Å². The molecule has 5 nitrogen and oxygen atoms in total. The Hall–Kier alpha value is -1.91. The number of hydrogen-bond acceptors (Lipinski definition) is 4. The molecular formula is C13H17NO4. The standard InChI is InChI=1S/C13H17NO4/c1-4-11(5-2)18-13-7-6-10(14(16)17)8-12(13)9(3)15/h6-8,11H,4-5H2,1-3H3. The van der Waals surface area contributed by atoms with Crippen molar-refractivity contribution in [3.63, 3.8) is 0 Å². The van der Waals surface area contributed by atoms with Crippen LogP contribution in [0.15, 0.2) is 18.2 Å². The molecule has 0 heterocycles. The molecule has 1 rings (SSSR count). The van der Waals surface area contributed by atoms with Gasteiger partial charge in [-0.2, -0.15) is 0 Å². The number of carbonyl (C=O) groups excluding carboxylic acids is 1. The first-order valence-electron chi connectivity index (χ1n) is 5.95. The predicted octanol–water partition coefficient (Wildman–Crippen LogP) is 3.36. The zero-order valence-electron chi connectivity index (χ0n) is 10.8. The summed E-state index contributed by atoms with van der Waals surface area (Å²) >= 11 is 0. The highest BCUT2D eigenvalue weighted by Gasteiger charge is 2.17. The molecule has 0 fully saturated rings. The van der Waals surface area contributed by atoms with Crippen molar-refractivity contribution in [2.24, 2.45) is 0 Å². The first-order valence-corrected chi connectivity index (χ1v) is 5.95. The fourth-order valence-electron chi connectivity index (χ4n) is 1.64. The summed E-state index contributed by atoms with van der Waals surface area (Å²) in [5.74, 6) is 0.182. The molecule has 0 amide bonds. The second-order valence-electron chi connectivity index (χ2n) is 4.05. The van der Waals surface area contributed by atoms with Crippen molar-refractivity contribution >= 4 is 11.5 Å². The van der Waals surface area contributed by atoms with Crippen LogP contribution in [0.25, 0.3) is 0 Å². The van der Waals surface area contributed by atoms with Crippen molar-refractivity contribution in [3.05, 3.63) is 33.9 Å². The monoisotopic (exact) mass is 251 g/mol. The number of rotatable bonds is 6. The summed E-state index contributed by atoms with van der Waals surface area (Å²) in [7, 11) is 0. The number of hydrogen-bond donors (Lipinski definition) is 0. The molecule has 0 saturated heterocycles. The fraction of sp³-hybridized carbons (Fsp3) is 0.462. The van der Waals surface area contributed by atoms with E-state index in [4.69, 9.17) is 4.74 Å². The van der Waals surface area contributed by atoms with Crippen LogP contribution in [-0.4, -0.2) is 16.8 Å². The van der Waals surface area contributed by atoms with E-state index in [2.05, 4.69) is 0 Å². The van der Waals surface area contributed by atoms with E-state index >= 15 is 0 Å². The highest BCUT2D eigenvalue weighted by atomic mass is 16.6. The Balaban J connectivity index is 3.11. The molecule has 5 heteroatoms. The molecule has 0 aliphatic rings. The molecule has 0 aliphatic heterocycles. The lowest BCUT2D eigenvalue weighted by Gasteiger charge is -2.17. The third-order valence-electron chi connectivity index (χ3n) is 2.76. The summed E-state index contributed by atoms with van der Waals surface area (Å²) < 4.78 is 5.70. The predicted molar refractivity (Wildman–Crippen MR) is 68.1 cm³/mol. The van der Waals surface area contributed by atoms with Gasteiger partial charge in [0.2, 0.25) is 0 Å². The van der Waals surface area contributed by atoms with Gasteiger partial charge in [0.25, 0.3) is 5.69 Å². The SMILES string of the molecule is CCC(CC)Oc1ccc([N+](=O)[O-])cc1C(C)=O. The van der Waals surface area contributed by atoms with Crippen LogP contribution in [0.3, 0.4) is 0 Å². The van der Waals surface area contributed by atoms with Crippen molar-refractivity contribution in [2.45, 2.75) is 39.7 Å². The lowest BCUT2D eigenvalue weighted by molar-refractivity contribution is -0.384. The van der Waals surface area contributed by atoms with E-state index in [-0.39, 0.29) is 23.1 Å². The van der Waals surface area contributed by atoms with E-state index < -0.39 is 4.92 Å². The van der Waals surface area contributed by atoms with Crippen LogP contribution in [0.2, 0.25) is 0 Å². The summed E-state index contributed by atoms with van der Waals surface area (Å²) in [4.78, 5) is 21.7. The molecule has 0 atom stereocenters. The number of ketones is 1. The number of nitro groups is 1. The summed E-state index contributed by atoms with van der Waals surface area (Å²) in [6, 6.07) is 4.11. The average molecular weight is 251 g/mol. The Morgan fingerprint density at radius 3 is 2.44 bits per heavy atom. The molecule has 18 heavy (non-hydrogen) atoms. The number of non-ortho nitro benzene ring substituents is 1. The van der Waals surface area contributed by atoms with Crippen molar-refractivity contribution in [1.82, 2.24) is 0 Å². The molecule has 1 aromatic carbocycles. The minimum Gasteiger partial charge on any atom is -0.490 e. The summed E-state index contributed by atoms with van der Waals surface area (Å²) in [6.45, 7) is 5.36. The fourth-order valence-corrected chi connectivity index (χ4v) is 1.64. The van der Waals surface area contributed by atoms with Gasteiger partial charge in [0.15, 0.2) is 5.78 Å². The number of benzene rings is 1. The van der Waals surface area contributed by atoms with Gasteiger partial charge in [-0.15, -0.1) is 0 Å². The quantitative estimate of drug-likeness (QED) is 0.441. The third kappa shape index (κ3) is 3.29. The lowest BCUT2D eigenvalue weighted by atomic mass is 10.1. The first kappa shape index (κ1) is 14.2. The van der Waals surface area contributed by atoms with Crippen LogP contribution in [-0.2, 0) is 0 Å². The maximum atomic E-state index is 11.5. The minimum atomic E-state index is -0.520. The average Bonchev–Trinajstić information content (AvgIpc) is 2.35. The third-order valence-corrected chi connectivity index (χ3v) is 2.76. The summed E-state index contributed by atoms with van der Waals surface area (Å²) in [5, 5.41) is 10.7. The van der Waals surface area contributed by atoms with Gasteiger partial charge < -0.3 is 4.74 Å². The zero-order valence-corrected chi connectivity index (χ0v) is 10.8. The molecule has 0 spiro atoms. The molecule has 0 aliphatic carbocycles. The van der Waals surface area contributed by atoms with E-state index in [0.717, 1.165) is 12.8 Å². The van der Waals surface area contributed by atoms with Gasteiger partial charge in [-0.3, -0.25) is 14.9 Å². The molecule has 98 valence electrons. The van der Waals surface area contributed by atoms with Crippen molar-refractivity contribution in [2.75, 3.05) is 0 Å². The van der Waals surface area contributed by atoms with Gasteiger partial charge >= 0.3 is 0 Å². The van der Waals surface area contributed by atoms with Crippen LogP contribution in [0.1, 0.15) is 44.0 Å². The summed E-state index contributed by atoms with van der Waals surface area (Å²) in [6.07, 6.45) is 1.67. The maximum Gasteiger partial charge on any atom is 0.270 e. The largest absolute Gasteiger partial charge is 0.490 e. The van der Waals surface area contributed by atoms with Gasteiger partial charge in [-0.25, -0.2) is 0 Å². The van der Waals surface area contributed by atoms with Crippen LogP contribution in [0.4, 0.5) is 5.69 Å². The van der Waals surface area contributed by atoms with Crippen molar-refractivity contribution < 1.29 is 14.5 Å². The molecule has 0 aromatic heterocycles. The van der Waals surface area contributed by atoms with Crippen molar-refractivity contribution in [3.8, 4) is 5.75 Å². The maximum absolute atomic E-state index is 11.5. The number of ether oxygens (including phenoxy) is 1. The van der Waals surface area contributed by atoms with E-state index in [1.165, 1.54) is 25.1 Å². The van der Waals surface area contributed by atoms with E-state index in [9.17, 15) is 14.9 Å². The highest BCUT2D eigenvalue weighted by Crippen LogP contribution is 2.26. The number of carbonyl (C=O) groups is 1. The Kier molecular flexibility index (Phi) is 4.83. The first-order chi connectivity index (χ1) is 8.49. The van der Waals surface area contributed by atoms with E-state index in [1.54, 1.807) is 0 Å². The van der Waals surface area contributed by atoms with Crippen molar-refractivity contribution in [1.29, 1.82) is 0 Å². The zero-order chi connectivity index (χ0) is 13.7.